The maximum atomic E-state index is 11.1. The Kier molecular flexibility index (Phi) is 3.59. The van der Waals surface area contributed by atoms with Gasteiger partial charge in [-0.1, -0.05) is 0 Å². The molecule has 0 radical (unpaired) electrons. The highest BCUT2D eigenvalue weighted by molar-refractivity contribution is 7.89. The minimum absolute atomic E-state index is 0.0660. The summed E-state index contributed by atoms with van der Waals surface area (Å²) in [6.07, 6.45) is 0. The third-order valence-electron chi connectivity index (χ3n) is 2.64. The Morgan fingerprint density at radius 1 is 1.32 bits per heavy atom. The zero-order valence-electron chi connectivity index (χ0n) is 10.7. The Morgan fingerprint density at radius 2 is 1.95 bits per heavy atom. The molecule has 7 heteroatoms. The quantitative estimate of drug-likeness (QED) is 0.904. The van der Waals surface area contributed by atoms with Crippen LogP contribution in [0.1, 0.15) is 11.4 Å². The van der Waals surface area contributed by atoms with Crippen molar-refractivity contribution in [2.45, 2.75) is 18.4 Å². The van der Waals surface area contributed by atoms with E-state index < -0.39 is 10.0 Å². The number of nitrogens with two attached hydrogens (primary N) is 1. The van der Waals surface area contributed by atoms with Gasteiger partial charge in [0.05, 0.1) is 16.3 Å². The lowest BCUT2D eigenvalue weighted by molar-refractivity contribution is 0.294. The third-order valence-corrected chi connectivity index (χ3v) is 3.57. The van der Waals surface area contributed by atoms with E-state index in [4.69, 9.17) is 9.88 Å². The van der Waals surface area contributed by atoms with Gasteiger partial charge in [0.2, 0.25) is 10.0 Å². The fourth-order valence-electron chi connectivity index (χ4n) is 1.68. The van der Waals surface area contributed by atoms with Crippen molar-refractivity contribution < 1.29 is 13.2 Å². The molecule has 0 amide bonds. The van der Waals surface area contributed by atoms with Crippen molar-refractivity contribution >= 4 is 10.0 Å². The predicted molar refractivity (Wildman–Crippen MR) is 70.1 cm³/mol. The number of hydrogen-bond acceptors (Lipinski definition) is 4. The second-order valence-corrected chi connectivity index (χ2v) is 5.77. The molecule has 1 aromatic heterocycles. The van der Waals surface area contributed by atoms with Crippen LogP contribution in [-0.2, 0) is 23.7 Å². The number of hydrogen-bond donors (Lipinski definition) is 1. The topological polar surface area (TPSA) is 87.2 Å². The molecule has 1 heterocycles. The molecule has 0 fully saturated rings. The Labute approximate surface area is 111 Å². The third kappa shape index (κ3) is 3.33. The van der Waals surface area contributed by atoms with Crippen molar-refractivity contribution in [2.75, 3.05) is 0 Å². The van der Waals surface area contributed by atoms with Crippen molar-refractivity contribution in [2.24, 2.45) is 12.2 Å². The minimum Gasteiger partial charge on any atom is -0.487 e. The number of aryl methyl sites for hydroxylation is 2. The first-order valence-electron chi connectivity index (χ1n) is 5.61. The molecule has 1 aromatic carbocycles. The number of nitrogens with zero attached hydrogens (tertiary/aromatic N) is 2. The van der Waals surface area contributed by atoms with Crippen LogP contribution in [0.3, 0.4) is 0 Å². The average Bonchev–Trinajstić information content (AvgIpc) is 2.65. The van der Waals surface area contributed by atoms with Crippen LogP contribution in [0.2, 0.25) is 0 Å². The zero-order chi connectivity index (χ0) is 14.0. The molecular weight excluding hydrogens is 266 g/mol. The van der Waals surface area contributed by atoms with E-state index in [1.165, 1.54) is 12.1 Å². The van der Waals surface area contributed by atoms with Gasteiger partial charge in [-0.2, -0.15) is 5.10 Å². The first-order chi connectivity index (χ1) is 8.86. The normalized spacial score (nSPS) is 11.5. The van der Waals surface area contributed by atoms with Crippen molar-refractivity contribution in [3.8, 4) is 5.75 Å². The summed E-state index contributed by atoms with van der Waals surface area (Å²) in [5.74, 6) is 0.575. The van der Waals surface area contributed by atoms with Crippen LogP contribution in [0.5, 0.6) is 5.75 Å². The molecule has 102 valence electrons. The Bertz CT molecular complexity index is 675. The van der Waals surface area contributed by atoms with Crippen molar-refractivity contribution in [1.82, 2.24) is 9.78 Å². The number of rotatable bonds is 4. The maximum Gasteiger partial charge on any atom is 0.238 e. The summed E-state index contributed by atoms with van der Waals surface area (Å²) >= 11 is 0. The van der Waals surface area contributed by atoms with Gasteiger partial charge in [0.25, 0.3) is 0 Å². The molecule has 6 nitrogen and oxygen atoms in total. The van der Waals surface area contributed by atoms with E-state index >= 15 is 0 Å². The average molecular weight is 281 g/mol. The van der Waals surface area contributed by atoms with Crippen molar-refractivity contribution in [1.29, 1.82) is 0 Å². The fourth-order valence-corrected chi connectivity index (χ4v) is 2.20. The van der Waals surface area contributed by atoms with E-state index in [1.807, 2.05) is 20.0 Å². The summed E-state index contributed by atoms with van der Waals surface area (Å²) in [6.45, 7) is 2.27. The second-order valence-electron chi connectivity index (χ2n) is 4.21. The molecule has 0 saturated carbocycles. The Morgan fingerprint density at radius 3 is 2.42 bits per heavy atom. The van der Waals surface area contributed by atoms with Crippen LogP contribution in [-0.4, -0.2) is 18.2 Å². The van der Waals surface area contributed by atoms with Gasteiger partial charge in [0.1, 0.15) is 12.4 Å². The van der Waals surface area contributed by atoms with Crippen LogP contribution in [0.25, 0.3) is 0 Å². The SMILES string of the molecule is Cc1cc(COc2ccc(S(N)(=O)=O)cc2)n(C)n1. The number of aromatic nitrogens is 2. The molecule has 19 heavy (non-hydrogen) atoms. The van der Waals surface area contributed by atoms with Gasteiger partial charge in [0, 0.05) is 7.05 Å². The summed E-state index contributed by atoms with van der Waals surface area (Å²) in [5, 5.41) is 9.22. The van der Waals surface area contributed by atoms with E-state index in [1.54, 1.807) is 16.8 Å². The van der Waals surface area contributed by atoms with Gasteiger partial charge in [0.15, 0.2) is 0 Å². The van der Waals surface area contributed by atoms with Crippen LogP contribution >= 0.6 is 0 Å². The molecule has 2 N–H and O–H groups in total. The maximum absolute atomic E-state index is 11.1. The van der Waals surface area contributed by atoms with E-state index in [0.29, 0.717) is 12.4 Å². The second kappa shape index (κ2) is 5.02. The van der Waals surface area contributed by atoms with Gasteiger partial charge in [-0.3, -0.25) is 4.68 Å². The largest absolute Gasteiger partial charge is 0.487 e. The minimum atomic E-state index is -3.66. The summed E-state index contributed by atoms with van der Waals surface area (Å²) in [5.41, 5.74) is 1.86. The molecule has 2 aromatic rings. The summed E-state index contributed by atoms with van der Waals surface area (Å²) in [4.78, 5) is 0.0660. The first kappa shape index (κ1) is 13.6. The summed E-state index contributed by atoms with van der Waals surface area (Å²) in [7, 11) is -1.82. The van der Waals surface area contributed by atoms with Crippen LogP contribution < -0.4 is 9.88 Å². The van der Waals surface area contributed by atoms with Gasteiger partial charge in [-0.15, -0.1) is 0 Å². The molecule has 0 saturated heterocycles. The highest BCUT2D eigenvalue weighted by Crippen LogP contribution is 2.16. The van der Waals surface area contributed by atoms with E-state index in [9.17, 15) is 8.42 Å². The molecule has 0 aliphatic heterocycles. The van der Waals surface area contributed by atoms with Crippen molar-refractivity contribution in [3.05, 3.63) is 41.7 Å². The fraction of sp³-hybridized carbons (Fsp3) is 0.250. The van der Waals surface area contributed by atoms with Gasteiger partial charge in [-0.05, 0) is 37.3 Å². The number of benzene rings is 1. The Hall–Kier alpha value is -1.86. The summed E-state index contributed by atoms with van der Waals surface area (Å²) < 4.78 is 29.5. The molecule has 0 spiro atoms. The molecule has 0 bridgehead atoms. The molecule has 0 atom stereocenters. The van der Waals surface area contributed by atoms with Crippen molar-refractivity contribution in [3.63, 3.8) is 0 Å². The van der Waals surface area contributed by atoms with Gasteiger partial charge in [-0.25, -0.2) is 13.6 Å². The lowest BCUT2D eigenvalue weighted by Crippen LogP contribution is -2.11. The molecule has 0 aliphatic carbocycles. The molecular formula is C12H15N3O3S. The van der Waals surface area contributed by atoms with Crippen LogP contribution in [0, 0.1) is 6.92 Å². The van der Waals surface area contributed by atoms with Gasteiger partial charge >= 0.3 is 0 Å². The molecule has 2 rings (SSSR count). The lowest BCUT2D eigenvalue weighted by Gasteiger charge is -2.06. The first-order valence-corrected chi connectivity index (χ1v) is 7.16. The smallest absolute Gasteiger partial charge is 0.238 e. The Balaban J connectivity index is 2.07. The van der Waals surface area contributed by atoms with Crippen LogP contribution in [0.15, 0.2) is 35.2 Å². The van der Waals surface area contributed by atoms with Gasteiger partial charge < -0.3 is 4.74 Å². The monoisotopic (exact) mass is 281 g/mol. The lowest BCUT2D eigenvalue weighted by atomic mass is 10.3. The molecule has 0 unspecified atom stereocenters. The number of sulfonamides is 1. The number of ether oxygens (including phenoxy) is 1. The predicted octanol–water partition coefficient (Wildman–Crippen LogP) is 0.955. The highest BCUT2D eigenvalue weighted by Gasteiger charge is 2.07. The summed E-state index contributed by atoms with van der Waals surface area (Å²) in [6, 6.07) is 7.91. The molecule has 0 aliphatic rings. The standard InChI is InChI=1S/C12H15N3O3S/c1-9-7-10(15(2)14-9)8-18-11-3-5-12(6-4-11)19(13,16)17/h3-7H,8H2,1-2H3,(H2,13,16,17). The highest BCUT2D eigenvalue weighted by atomic mass is 32.2. The van der Waals surface area contributed by atoms with E-state index in [0.717, 1.165) is 11.4 Å². The zero-order valence-corrected chi connectivity index (χ0v) is 11.5. The van der Waals surface area contributed by atoms with E-state index in [-0.39, 0.29) is 4.90 Å². The van der Waals surface area contributed by atoms with Crippen LogP contribution in [0.4, 0.5) is 0 Å². The van der Waals surface area contributed by atoms with E-state index in [2.05, 4.69) is 5.10 Å². The number of primary sulfonamides is 1.